The Bertz CT molecular complexity index is 984. The third kappa shape index (κ3) is 3.11. The first kappa shape index (κ1) is 18.1. The molecule has 132 valence electrons. The van der Waals surface area contributed by atoms with Crippen molar-refractivity contribution in [3.8, 4) is 10.4 Å². The van der Waals surface area contributed by atoms with Crippen LogP contribution in [0.5, 0.6) is 0 Å². The highest BCUT2D eigenvalue weighted by molar-refractivity contribution is 9.10. The first-order valence-electron chi connectivity index (χ1n) is 7.36. The number of thiophene rings is 1. The van der Waals surface area contributed by atoms with E-state index in [9.17, 15) is 8.42 Å². The Hall–Kier alpha value is -1.71. The van der Waals surface area contributed by atoms with Crippen LogP contribution in [0.25, 0.3) is 10.4 Å². The largest absolute Gasteiger partial charge is 0.369 e. The summed E-state index contributed by atoms with van der Waals surface area (Å²) >= 11 is 4.99. The van der Waals surface area contributed by atoms with Crippen molar-refractivity contribution in [2.24, 2.45) is 10.7 Å². The summed E-state index contributed by atoms with van der Waals surface area (Å²) in [5.41, 5.74) is 6.75. The Balaban J connectivity index is 2.17. The zero-order chi connectivity index (χ0) is 18.4. The molecule has 0 amide bonds. The highest BCUT2D eigenvalue weighted by Gasteiger charge is 2.43. The van der Waals surface area contributed by atoms with Gasteiger partial charge in [-0.1, -0.05) is 6.08 Å². The summed E-state index contributed by atoms with van der Waals surface area (Å²) in [7, 11) is -2.18. The maximum atomic E-state index is 12.5. The third-order valence-corrected chi connectivity index (χ3v) is 8.10. The number of aromatic nitrogens is 1. The minimum absolute atomic E-state index is 0.0507. The van der Waals surface area contributed by atoms with Crippen molar-refractivity contribution in [2.45, 2.75) is 12.5 Å². The minimum Gasteiger partial charge on any atom is -0.369 e. The minimum atomic E-state index is -3.58. The van der Waals surface area contributed by atoms with E-state index in [1.165, 1.54) is 18.4 Å². The van der Waals surface area contributed by atoms with E-state index in [1.807, 2.05) is 19.1 Å². The molecule has 1 aliphatic heterocycles. The van der Waals surface area contributed by atoms with Gasteiger partial charge in [0.15, 0.2) is 0 Å². The summed E-state index contributed by atoms with van der Waals surface area (Å²) in [6.07, 6.45) is 5.10. The first-order valence-corrected chi connectivity index (χ1v) is 10.6. The molecule has 0 saturated heterocycles. The smallest absolute Gasteiger partial charge is 0.240 e. The molecule has 2 aromatic rings. The van der Waals surface area contributed by atoms with E-state index < -0.39 is 15.6 Å². The zero-order valence-electron chi connectivity index (χ0n) is 13.7. The van der Waals surface area contributed by atoms with E-state index in [0.717, 1.165) is 29.7 Å². The van der Waals surface area contributed by atoms with Crippen LogP contribution in [0.15, 0.2) is 46.6 Å². The molecule has 0 fully saturated rings. The molecule has 9 heteroatoms. The van der Waals surface area contributed by atoms with Crippen LogP contribution in [0, 0.1) is 6.92 Å². The number of sulfonamides is 1. The summed E-state index contributed by atoms with van der Waals surface area (Å²) in [5, 5.41) is 0. The lowest BCUT2D eigenvalue weighted by Crippen LogP contribution is -2.50. The number of aliphatic imine (C=N–C) groups is 1. The molecule has 1 unspecified atom stereocenters. The van der Waals surface area contributed by atoms with Crippen LogP contribution in [-0.2, 0) is 15.6 Å². The molecule has 2 aromatic heterocycles. The van der Waals surface area contributed by atoms with E-state index in [1.54, 1.807) is 18.5 Å². The normalized spacial score (nSPS) is 22.5. The number of rotatable bonds is 3. The average molecular weight is 441 g/mol. The van der Waals surface area contributed by atoms with Crippen molar-refractivity contribution >= 4 is 43.2 Å². The lowest BCUT2D eigenvalue weighted by atomic mass is 10.0. The number of guanidine groups is 1. The number of hydrogen-bond acceptors (Lipinski definition) is 6. The maximum Gasteiger partial charge on any atom is 0.240 e. The van der Waals surface area contributed by atoms with Crippen LogP contribution in [-0.4, -0.2) is 36.5 Å². The number of hydrogen-bond donors (Lipinski definition) is 1. The predicted octanol–water partition coefficient (Wildman–Crippen LogP) is 2.85. The molecule has 25 heavy (non-hydrogen) atoms. The molecule has 3 heterocycles. The van der Waals surface area contributed by atoms with Crippen molar-refractivity contribution in [3.63, 3.8) is 0 Å². The molecule has 0 aliphatic carbocycles. The lowest BCUT2D eigenvalue weighted by molar-refractivity contribution is 0.506. The molecule has 0 aromatic carbocycles. The van der Waals surface area contributed by atoms with Gasteiger partial charge in [0.1, 0.15) is 11.3 Å². The Morgan fingerprint density at radius 2 is 2.16 bits per heavy atom. The second-order valence-corrected chi connectivity index (χ2v) is 9.77. The van der Waals surface area contributed by atoms with Crippen LogP contribution in [0.1, 0.15) is 10.4 Å². The Kier molecular flexibility index (Phi) is 4.50. The fraction of sp³-hybridized carbons (Fsp3) is 0.250. The van der Waals surface area contributed by atoms with Crippen LogP contribution in [0.3, 0.4) is 0 Å². The van der Waals surface area contributed by atoms with Crippen molar-refractivity contribution in [1.29, 1.82) is 0 Å². The summed E-state index contributed by atoms with van der Waals surface area (Å²) in [5.74, 6) is -0.268. The Morgan fingerprint density at radius 3 is 2.76 bits per heavy atom. The molecule has 6 nitrogen and oxygen atoms in total. The molecule has 0 spiro atoms. The van der Waals surface area contributed by atoms with Gasteiger partial charge in [0.2, 0.25) is 16.0 Å². The summed E-state index contributed by atoms with van der Waals surface area (Å²) in [6.45, 7) is 5.80. The number of nitrogens with zero attached hydrogens (tertiary/aromatic N) is 3. The van der Waals surface area contributed by atoms with Gasteiger partial charge in [-0.2, -0.15) is 0 Å². The SMILES string of the molecule is C=CC1(c2sc(-c3cncc(C)c3)cc2Br)CS(=O)(=O)N(C)C(N)=N1. The summed E-state index contributed by atoms with van der Waals surface area (Å²) in [6, 6.07) is 3.97. The van der Waals surface area contributed by atoms with Gasteiger partial charge in [-0.15, -0.1) is 17.9 Å². The fourth-order valence-electron chi connectivity index (χ4n) is 2.63. The fourth-order valence-corrected chi connectivity index (χ4v) is 6.25. The molecular weight excluding hydrogens is 424 g/mol. The Morgan fingerprint density at radius 1 is 1.44 bits per heavy atom. The predicted molar refractivity (Wildman–Crippen MR) is 105 cm³/mol. The second-order valence-electron chi connectivity index (χ2n) is 5.86. The number of pyridine rings is 1. The lowest BCUT2D eigenvalue weighted by Gasteiger charge is -2.34. The van der Waals surface area contributed by atoms with Crippen LogP contribution in [0.2, 0.25) is 0 Å². The van der Waals surface area contributed by atoms with Gasteiger partial charge >= 0.3 is 0 Å². The quantitative estimate of drug-likeness (QED) is 0.742. The van der Waals surface area contributed by atoms with E-state index in [4.69, 9.17) is 5.73 Å². The molecule has 0 saturated carbocycles. The number of aryl methyl sites for hydroxylation is 1. The van der Waals surface area contributed by atoms with E-state index in [-0.39, 0.29) is 11.7 Å². The first-order chi connectivity index (χ1) is 11.7. The van der Waals surface area contributed by atoms with Gasteiger partial charge < -0.3 is 5.73 Å². The van der Waals surface area contributed by atoms with Crippen LogP contribution in [0.4, 0.5) is 0 Å². The molecule has 2 N–H and O–H groups in total. The summed E-state index contributed by atoms with van der Waals surface area (Å²) in [4.78, 5) is 10.4. The molecule has 1 atom stereocenters. The highest BCUT2D eigenvalue weighted by Crippen LogP contribution is 2.45. The number of halogens is 1. The monoisotopic (exact) mass is 440 g/mol. The molecule has 0 bridgehead atoms. The van der Waals surface area contributed by atoms with Gasteiger partial charge in [0.25, 0.3) is 0 Å². The third-order valence-electron chi connectivity index (χ3n) is 4.03. The summed E-state index contributed by atoms with van der Waals surface area (Å²) < 4.78 is 26.7. The van der Waals surface area contributed by atoms with Crippen molar-refractivity contribution in [1.82, 2.24) is 9.29 Å². The maximum absolute atomic E-state index is 12.5. The Labute approximate surface area is 159 Å². The van der Waals surface area contributed by atoms with Gasteiger partial charge in [0, 0.05) is 34.4 Å². The van der Waals surface area contributed by atoms with Crippen molar-refractivity contribution in [3.05, 3.63) is 52.1 Å². The zero-order valence-corrected chi connectivity index (χ0v) is 16.9. The van der Waals surface area contributed by atoms with Crippen LogP contribution < -0.4 is 5.73 Å². The molecule has 1 aliphatic rings. The van der Waals surface area contributed by atoms with E-state index in [0.29, 0.717) is 0 Å². The topological polar surface area (TPSA) is 88.7 Å². The van der Waals surface area contributed by atoms with Gasteiger partial charge in [-0.25, -0.2) is 17.7 Å². The van der Waals surface area contributed by atoms with Gasteiger partial charge in [-0.3, -0.25) is 4.98 Å². The van der Waals surface area contributed by atoms with Gasteiger partial charge in [-0.05, 0) is 40.5 Å². The molecule has 0 radical (unpaired) electrons. The van der Waals surface area contributed by atoms with Crippen molar-refractivity contribution in [2.75, 3.05) is 12.8 Å². The van der Waals surface area contributed by atoms with E-state index in [2.05, 4.69) is 32.5 Å². The number of nitrogens with two attached hydrogens (primary N) is 1. The standard InChI is InChI=1S/C16H17BrN4O2S2/c1-4-16(9-25(22,23)21(3)15(18)20-16)14-12(17)6-13(24-14)11-5-10(2)7-19-8-11/h4-8H,1,9H2,2-3H3,(H2,18,20). The van der Waals surface area contributed by atoms with Gasteiger partial charge in [0.05, 0.1) is 4.88 Å². The molecular formula is C16H17BrN4O2S2. The average Bonchev–Trinajstić information content (AvgIpc) is 2.94. The second kappa shape index (κ2) is 6.22. The highest BCUT2D eigenvalue weighted by atomic mass is 79.9. The molecule has 3 rings (SSSR count). The van der Waals surface area contributed by atoms with Crippen molar-refractivity contribution < 1.29 is 8.42 Å². The van der Waals surface area contributed by atoms with E-state index >= 15 is 0 Å². The van der Waals surface area contributed by atoms with Crippen LogP contribution >= 0.6 is 27.3 Å².